The summed E-state index contributed by atoms with van der Waals surface area (Å²) in [7, 11) is 6.29. The highest BCUT2D eigenvalue weighted by atomic mass is 15.2. The van der Waals surface area contributed by atoms with Crippen molar-refractivity contribution >= 4 is 60.7 Å². The van der Waals surface area contributed by atoms with Gasteiger partial charge >= 0.3 is 0 Å². The van der Waals surface area contributed by atoms with Crippen LogP contribution < -0.4 is 9.80 Å². The smallest absolute Gasteiger partial charge is 0.0680 e. The quantitative estimate of drug-likeness (QED) is 0.177. The molecule has 2 heterocycles. The molecule has 0 aliphatic carbocycles. The van der Waals surface area contributed by atoms with Crippen molar-refractivity contribution in [3.8, 4) is 6.07 Å². The van der Waals surface area contributed by atoms with Crippen LogP contribution in [0.15, 0.2) is 176 Å². The number of anilines is 3. The van der Waals surface area contributed by atoms with Crippen molar-refractivity contribution in [3.63, 3.8) is 0 Å². The van der Waals surface area contributed by atoms with Gasteiger partial charge in [0.2, 0.25) is 0 Å². The van der Waals surface area contributed by atoms with E-state index >= 15 is 0 Å². The predicted molar refractivity (Wildman–Crippen MR) is 395 cm³/mol. The highest BCUT2D eigenvalue weighted by Gasteiger charge is 2.26. The minimum Gasteiger partial charge on any atom is -0.370 e. The molecule has 9 rings (SSSR count). The van der Waals surface area contributed by atoms with Crippen molar-refractivity contribution in [1.82, 2.24) is 14.0 Å². The van der Waals surface area contributed by atoms with E-state index in [-0.39, 0.29) is 38.4 Å². The van der Waals surface area contributed by atoms with E-state index in [9.17, 15) is 0 Å². The molecule has 0 bridgehead atoms. The van der Waals surface area contributed by atoms with E-state index in [1.807, 2.05) is 26.8 Å². The number of nitrogens with zero attached hydrogens (tertiary/aromatic N) is 6. The second-order valence-corrected chi connectivity index (χ2v) is 32.4. The summed E-state index contributed by atoms with van der Waals surface area (Å²) < 4.78 is 4.92. The molecule has 0 N–H and O–H groups in total. The molecular formula is C82H120N6. The number of hydrogen-bond donors (Lipinski definition) is 0. The van der Waals surface area contributed by atoms with Crippen molar-refractivity contribution in [2.45, 2.75) is 225 Å². The molecule has 0 fully saturated rings. The van der Waals surface area contributed by atoms with E-state index in [0.717, 1.165) is 5.92 Å². The van der Waals surface area contributed by atoms with Crippen LogP contribution in [-0.2, 0) is 21.9 Å². The van der Waals surface area contributed by atoms with Gasteiger partial charge in [-0.1, -0.05) is 165 Å². The average molecular weight is 1190 g/mol. The summed E-state index contributed by atoms with van der Waals surface area (Å²) >= 11 is 0. The Morgan fingerprint density at radius 3 is 0.841 bits per heavy atom. The molecule has 6 heteroatoms. The second kappa shape index (κ2) is 30.6. The molecule has 2 aromatic heterocycles. The van der Waals surface area contributed by atoms with Crippen molar-refractivity contribution in [2.75, 3.05) is 30.9 Å². The molecule has 0 aliphatic rings. The zero-order chi connectivity index (χ0) is 67.2. The van der Waals surface area contributed by atoms with Gasteiger partial charge < -0.3 is 23.8 Å². The van der Waals surface area contributed by atoms with E-state index in [1.165, 1.54) is 71.8 Å². The molecule has 9 aromatic rings. The van der Waals surface area contributed by atoms with Crippen LogP contribution in [0.25, 0.3) is 43.6 Å². The summed E-state index contributed by atoms with van der Waals surface area (Å²) in [5.41, 5.74) is 12.7. The van der Waals surface area contributed by atoms with Gasteiger partial charge in [-0.3, -0.25) is 0 Å². The number of aromatic nitrogens is 2. The monoisotopic (exact) mass is 1190 g/mol. The second-order valence-electron chi connectivity index (χ2n) is 32.4. The van der Waals surface area contributed by atoms with Crippen LogP contribution in [-0.4, -0.2) is 51.8 Å². The van der Waals surface area contributed by atoms with E-state index in [0.29, 0.717) is 5.54 Å². The molecule has 88 heavy (non-hydrogen) atoms. The maximum atomic E-state index is 8.15. The van der Waals surface area contributed by atoms with Gasteiger partial charge in [-0.2, -0.15) is 5.26 Å². The number of hydrogen-bond acceptors (Lipinski definition) is 4. The SMILES string of the molecule is CC(C)(C)C#N.CC(C)(C)N(c1ccccc1)c1ccccc1.CC(C)(C)c1ccc2c(c1)c1cc(C(C)(C)C)ccc1n2C(C)(C)C.CC(C)(C)n1c2ccccc2c2ccccc21.CC(C)C.CN(C)C(C)(C)C.CN(c1ccccc1)C(C)(C)C. The Morgan fingerprint density at radius 2 is 0.602 bits per heavy atom. The van der Waals surface area contributed by atoms with Crippen molar-refractivity contribution in [3.05, 3.63) is 187 Å². The largest absolute Gasteiger partial charge is 0.370 e. The highest BCUT2D eigenvalue weighted by molar-refractivity contribution is 6.09. The Bertz CT molecular complexity index is 3380. The standard InChI is InChI=1S/C24H33N.C16H17N.C16H19N.C11H17N.C6H15N.C5H9N.C4H10/c1-22(2,3)16-10-12-20-18(14-16)19-15-17(23(4,5)6)11-13-21(19)25(20)24(7,8)9;1-16(2,3)17-14-10-6-4-8-12(14)13-9-5-7-11-15(13)17;1-16(2,3)17(14-10-6-4-7-11-14)15-12-8-5-9-13-15;1-11(2,3)12(4)10-8-6-5-7-9-10;1-6(2,3)7(4)5;1-5(2,3)4-6;1-4(2)3/h10-15H,1-9H3;4-11H,1-3H3;4-13H,1-3H3;5-9H,1-4H3;1-5H3;1-3H3;4H,1-3H3. The summed E-state index contributed by atoms with van der Waals surface area (Å²) in [6.45, 7) is 59.4. The van der Waals surface area contributed by atoms with Crippen molar-refractivity contribution < 1.29 is 0 Å². The fourth-order valence-corrected chi connectivity index (χ4v) is 9.44. The first-order valence-corrected chi connectivity index (χ1v) is 32.1. The first-order chi connectivity index (χ1) is 40.2. The zero-order valence-electron chi connectivity index (χ0n) is 61.0. The summed E-state index contributed by atoms with van der Waals surface area (Å²) in [5.74, 6) is 0.833. The summed E-state index contributed by atoms with van der Waals surface area (Å²) in [4.78, 5) is 6.81. The lowest BCUT2D eigenvalue weighted by atomic mass is 9.85. The van der Waals surface area contributed by atoms with Crippen LogP contribution in [0, 0.1) is 22.7 Å². The van der Waals surface area contributed by atoms with Crippen LogP contribution in [0.1, 0.15) is 198 Å². The Balaban J connectivity index is 0.000000288. The number of nitriles is 1. The van der Waals surface area contributed by atoms with Gasteiger partial charge in [0.25, 0.3) is 0 Å². The Hall–Kier alpha value is -6.81. The fourth-order valence-electron chi connectivity index (χ4n) is 9.44. The van der Waals surface area contributed by atoms with Gasteiger partial charge in [0, 0.05) is 101 Å². The van der Waals surface area contributed by atoms with Gasteiger partial charge in [0.05, 0.1) is 6.07 Å². The van der Waals surface area contributed by atoms with Gasteiger partial charge in [-0.05, 0) is 239 Å². The average Bonchev–Trinajstić information content (AvgIpc) is 1.60. The lowest BCUT2D eigenvalue weighted by Gasteiger charge is -2.37. The topological polar surface area (TPSA) is 43.4 Å². The molecule has 0 unspecified atom stereocenters. The minimum absolute atomic E-state index is 0.0481. The molecule has 0 spiro atoms. The van der Waals surface area contributed by atoms with Crippen LogP contribution in [0.2, 0.25) is 0 Å². The van der Waals surface area contributed by atoms with Gasteiger partial charge in [0.15, 0.2) is 0 Å². The molecular weight excluding hydrogens is 1070 g/mol. The zero-order valence-corrected chi connectivity index (χ0v) is 61.0. The highest BCUT2D eigenvalue weighted by Crippen LogP contribution is 2.39. The normalized spacial score (nSPS) is 12.2. The fraction of sp³-hybridized carbons (Fsp3) is 0.476. The summed E-state index contributed by atoms with van der Waals surface area (Å²) in [6, 6.07) is 64.9. The van der Waals surface area contributed by atoms with E-state index in [1.54, 1.807) is 0 Å². The summed E-state index contributed by atoms with van der Waals surface area (Å²) in [5, 5.41) is 13.6. The van der Waals surface area contributed by atoms with Crippen molar-refractivity contribution in [1.29, 1.82) is 5.26 Å². The molecule has 0 saturated heterocycles. The van der Waals surface area contributed by atoms with Gasteiger partial charge in [0.1, 0.15) is 0 Å². The third-order valence-electron chi connectivity index (χ3n) is 14.9. The molecule has 6 nitrogen and oxygen atoms in total. The maximum absolute atomic E-state index is 8.15. The van der Waals surface area contributed by atoms with E-state index < -0.39 is 0 Å². The molecule has 0 atom stereocenters. The minimum atomic E-state index is -0.153. The molecule has 0 amide bonds. The Morgan fingerprint density at radius 1 is 0.341 bits per heavy atom. The lowest BCUT2D eigenvalue weighted by Crippen LogP contribution is -2.37. The van der Waals surface area contributed by atoms with Crippen LogP contribution in [0.5, 0.6) is 0 Å². The first-order valence-electron chi connectivity index (χ1n) is 32.1. The number of para-hydroxylation sites is 5. The molecule has 0 saturated carbocycles. The number of fused-ring (bicyclic) bond motifs is 6. The van der Waals surface area contributed by atoms with Gasteiger partial charge in [-0.15, -0.1) is 0 Å². The Labute approximate surface area is 538 Å². The lowest BCUT2D eigenvalue weighted by molar-refractivity contribution is 0.219. The Kier molecular flexibility index (Phi) is 26.2. The maximum Gasteiger partial charge on any atom is 0.0680 e. The number of benzene rings is 7. The van der Waals surface area contributed by atoms with Crippen molar-refractivity contribution in [2.24, 2.45) is 11.3 Å². The molecule has 478 valence electrons. The van der Waals surface area contributed by atoms with E-state index in [2.05, 4.69) is 387 Å². The third kappa shape index (κ3) is 22.7. The third-order valence-corrected chi connectivity index (χ3v) is 14.9. The molecule has 7 aromatic carbocycles. The first kappa shape index (κ1) is 75.4. The van der Waals surface area contributed by atoms with Crippen LogP contribution >= 0.6 is 0 Å². The molecule has 0 aliphatic heterocycles. The van der Waals surface area contributed by atoms with Gasteiger partial charge in [-0.25, -0.2) is 0 Å². The van der Waals surface area contributed by atoms with E-state index in [4.69, 9.17) is 5.26 Å². The number of rotatable bonds is 3. The summed E-state index contributed by atoms with van der Waals surface area (Å²) in [6.07, 6.45) is 0. The van der Waals surface area contributed by atoms with Crippen LogP contribution in [0.3, 0.4) is 0 Å². The van der Waals surface area contributed by atoms with Crippen LogP contribution in [0.4, 0.5) is 17.1 Å². The molecule has 0 radical (unpaired) electrons. The predicted octanol–water partition coefficient (Wildman–Crippen LogP) is 23.8.